The van der Waals surface area contributed by atoms with Crippen molar-refractivity contribution < 1.29 is 18.5 Å². The van der Waals surface area contributed by atoms with Gasteiger partial charge in [-0.3, -0.25) is 4.79 Å². The molecule has 2 aromatic carbocycles. The molecule has 2 heterocycles. The predicted octanol–water partition coefficient (Wildman–Crippen LogP) is 6.60. The Morgan fingerprint density at radius 1 is 1.18 bits per heavy atom. The summed E-state index contributed by atoms with van der Waals surface area (Å²) in [5.74, 6) is 1.94. The van der Waals surface area contributed by atoms with Gasteiger partial charge in [0.15, 0.2) is 0 Å². The Balaban J connectivity index is 1.45. The standard InChI is InChI=1S/C31H36ClN2O4S/c1-20-6-5-8-28(37-2)29-25-16-31(25,29)19-34-17-23-9-11-24(32)14-21(23)7-3-4-13-38-27-12-10-22(15-26(27)34)30(35)33-39(36)18-20/h5,8-12,14-15,20,25,28-29H,3-4,6-7,13,16-19H2,1-2H3/q-1/b8-5+/t20-,25?,28-,29-,31-/m0/s1. The summed E-state index contributed by atoms with van der Waals surface area (Å²) < 4.78 is 29.1. The van der Waals surface area contributed by atoms with Gasteiger partial charge < -0.3 is 22.9 Å². The van der Waals surface area contributed by atoms with Crippen molar-refractivity contribution in [2.45, 2.75) is 51.7 Å². The third-order valence-electron chi connectivity index (χ3n) is 8.93. The molecule has 6 nitrogen and oxygen atoms in total. The minimum Gasteiger partial charge on any atom is -0.491 e. The summed E-state index contributed by atoms with van der Waals surface area (Å²) in [4.78, 5) is 15.5. The van der Waals surface area contributed by atoms with Crippen LogP contribution in [0.15, 0.2) is 52.9 Å². The maximum Gasteiger partial charge on any atom is 0.254 e. The summed E-state index contributed by atoms with van der Waals surface area (Å²) in [7, 11) is 0.210. The molecule has 1 unspecified atom stereocenters. The lowest BCUT2D eigenvalue weighted by Crippen LogP contribution is -2.31. The topological polar surface area (TPSA) is 68.2 Å². The molecule has 39 heavy (non-hydrogen) atoms. The lowest BCUT2D eigenvalue weighted by molar-refractivity contribution is 0.0965. The Kier molecular flexibility index (Phi) is 7.51. The molecule has 2 fully saturated rings. The average Bonchev–Trinajstić information content (AvgIpc) is 3.77. The summed E-state index contributed by atoms with van der Waals surface area (Å²) in [5.41, 5.74) is 4.03. The Hall–Kier alpha value is -2.35. The number of benzene rings is 2. The van der Waals surface area contributed by atoms with Crippen LogP contribution in [0.4, 0.5) is 5.69 Å². The van der Waals surface area contributed by atoms with Gasteiger partial charge in [0.25, 0.3) is 5.91 Å². The van der Waals surface area contributed by atoms with Gasteiger partial charge in [0, 0.05) is 30.8 Å². The number of fused-ring (bicyclic) bond motifs is 3. The zero-order chi connectivity index (χ0) is 27.1. The van der Waals surface area contributed by atoms with Gasteiger partial charge in [-0.15, -0.1) is 0 Å². The van der Waals surface area contributed by atoms with Crippen LogP contribution in [-0.4, -0.2) is 38.0 Å². The minimum absolute atomic E-state index is 0.0673. The van der Waals surface area contributed by atoms with Crippen LogP contribution in [0.25, 0.3) is 0 Å². The summed E-state index contributed by atoms with van der Waals surface area (Å²) in [6, 6.07) is 11.7. The fourth-order valence-corrected chi connectivity index (χ4v) is 7.76. The largest absolute Gasteiger partial charge is 0.491 e. The number of carbonyl (C=O) groups is 1. The number of anilines is 1. The van der Waals surface area contributed by atoms with Gasteiger partial charge in [-0.1, -0.05) is 48.4 Å². The number of ether oxygens (including phenoxy) is 2. The zero-order valence-electron chi connectivity index (χ0n) is 22.6. The minimum atomic E-state index is -1.59. The second-order valence-electron chi connectivity index (χ2n) is 11.7. The molecule has 5 atom stereocenters. The van der Waals surface area contributed by atoms with E-state index in [-0.39, 0.29) is 17.4 Å². The molecule has 6 rings (SSSR count). The number of methoxy groups -OCH3 is 1. The lowest BCUT2D eigenvalue weighted by Gasteiger charge is -2.31. The molecule has 1 spiro atoms. The van der Waals surface area contributed by atoms with Gasteiger partial charge >= 0.3 is 0 Å². The molecule has 2 aromatic rings. The van der Waals surface area contributed by atoms with Crippen LogP contribution in [0.1, 0.15) is 54.1 Å². The van der Waals surface area contributed by atoms with E-state index in [4.69, 9.17) is 21.1 Å². The predicted molar refractivity (Wildman–Crippen MR) is 155 cm³/mol. The van der Waals surface area contributed by atoms with Crippen LogP contribution in [-0.2, 0) is 32.5 Å². The molecule has 0 saturated heterocycles. The molecule has 208 valence electrons. The lowest BCUT2D eigenvalue weighted by atomic mass is 9.96. The van der Waals surface area contributed by atoms with Crippen LogP contribution in [0.3, 0.4) is 0 Å². The molecule has 2 aliphatic carbocycles. The van der Waals surface area contributed by atoms with E-state index < -0.39 is 16.5 Å². The molecule has 0 aromatic heterocycles. The van der Waals surface area contributed by atoms with E-state index in [9.17, 15) is 9.00 Å². The molecular formula is C31H36ClN2O4S-. The maximum absolute atomic E-state index is 13.1. The zero-order valence-corrected chi connectivity index (χ0v) is 24.2. The summed E-state index contributed by atoms with van der Waals surface area (Å²) in [5, 5.41) is 0.753. The number of hydrogen-bond acceptors (Lipinski definition) is 6. The summed E-state index contributed by atoms with van der Waals surface area (Å²) in [6.45, 7) is 4.19. The van der Waals surface area contributed by atoms with Crippen LogP contribution in [0.5, 0.6) is 5.75 Å². The van der Waals surface area contributed by atoms with Gasteiger partial charge in [-0.25, -0.2) is 0 Å². The third-order valence-corrected chi connectivity index (χ3v) is 10.4. The number of amides is 1. The van der Waals surface area contributed by atoms with E-state index in [0.717, 1.165) is 48.7 Å². The molecule has 2 saturated carbocycles. The normalized spacial score (nSPS) is 31.9. The van der Waals surface area contributed by atoms with Crippen molar-refractivity contribution in [1.29, 1.82) is 0 Å². The van der Waals surface area contributed by atoms with Gasteiger partial charge in [-0.05, 0) is 90.8 Å². The van der Waals surface area contributed by atoms with Crippen molar-refractivity contribution in [2.24, 2.45) is 27.5 Å². The van der Waals surface area contributed by atoms with Crippen LogP contribution >= 0.6 is 11.6 Å². The number of allylic oxidation sites excluding steroid dienone is 1. The first kappa shape index (κ1) is 26.9. The Morgan fingerprint density at radius 3 is 2.87 bits per heavy atom. The number of carbonyl (C=O) groups excluding carboxylic acids is 1. The SMILES string of the molecule is CO[C@H]1/C=C/C[C@H](C)C[S-](=O)=NC(=O)c2ccc3c(c2)N(Cc2ccc(Cl)cc2CCCCO3)C[C@@]23CC2[C@@H]13. The average molecular weight is 568 g/mol. The van der Waals surface area contributed by atoms with Crippen LogP contribution < -0.4 is 9.64 Å². The van der Waals surface area contributed by atoms with E-state index in [1.807, 2.05) is 25.1 Å². The van der Waals surface area contributed by atoms with E-state index in [2.05, 4.69) is 33.5 Å². The van der Waals surface area contributed by atoms with E-state index in [1.165, 1.54) is 17.5 Å². The second kappa shape index (κ2) is 10.9. The quantitative estimate of drug-likeness (QED) is 0.287. The van der Waals surface area contributed by atoms with Gasteiger partial charge in [0.05, 0.1) is 18.4 Å². The summed E-state index contributed by atoms with van der Waals surface area (Å²) in [6.07, 6.45) is 9.26. The Labute approximate surface area is 237 Å². The molecule has 0 radical (unpaired) electrons. The molecular weight excluding hydrogens is 532 g/mol. The monoisotopic (exact) mass is 567 g/mol. The van der Waals surface area contributed by atoms with Crippen LogP contribution in [0, 0.1) is 23.2 Å². The number of nitrogens with zero attached hydrogens (tertiary/aromatic N) is 2. The van der Waals surface area contributed by atoms with E-state index >= 15 is 0 Å². The fourth-order valence-electron chi connectivity index (χ4n) is 6.58. The number of hydrogen-bond donors (Lipinski definition) is 0. The van der Waals surface area contributed by atoms with Crippen LogP contribution in [0.2, 0.25) is 5.02 Å². The van der Waals surface area contributed by atoms with Crippen molar-refractivity contribution in [2.75, 3.05) is 30.9 Å². The Morgan fingerprint density at radius 2 is 2.05 bits per heavy atom. The van der Waals surface area contributed by atoms with Gasteiger partial charge in [0.1, 0.15) is 5.75 Å². The van der Waals surface area contributed by atoms with Crippen molar-refractivity contribution in [3.8, 4) is 5.75 Å². The third kappa shape index (κ3) is 5.50. The molecule has 4 aliphatic rings. The highest BCUT2D eigenvalue weighted by Crippen LogP contribution is 2.81. The van der Waals surface area contributed by atoms with E-state index in [1.54, 1.807) is 13.2 Å². The second-order valence-corrected chi connectivity index (χ2v) is 13.3. The van der Waals surface area contributed by atoms with Crippen molar-refractivity contribution in [1.82, 2.24) is 0 Å². The smallest absolute Gasteiger partial charge is 0.254 e. The highest BCUT2D eigenvalue weighted by molar-refractivity contribution is 7.75. The first-order valence-corrected chi connectivity index (χ1v) is 15.7. The van der Waals surface area contributed by atoms with E-state index in [0.29, 0.717) is 36.3 Å². The number of rotatable bonds is 1. The Bertz CT molecular complexity index is 1390. The molecule has 1 amide bonds. The first-order valence-electron chi connectivity index (χ1n) is 14.0. The highest BCUT2D eigenvalue weighted by atomic mass is 35.5. The molecule has 2 aliphatic heterocycles. The van der Waals surface area contributed by atoms with Gasteiger partial charge in [0.2, 0.25) is 0 Å². The van der Waals surface area contributed by atoms with Gasteiger partial charge in [-0.2, -0.15) is 10.6 Å². The number of halogens is 1. The van der Waals surface area contributed by atoms with Crippen molar-refractivity contribution in [3.63, 3.8) is 0 Å². The maximum atomic E-state index is 13.1. The first-order chi connectivity index (χ1) is 18.9. The fraction of sp³-hybridized carbons (Fsp3) is 0.516. The summed E-state index contributed by atoms with van der Waals surface area (Å²) >= 11 is 6.41. The molecule has 8 heteroatoms. The highest BCUT2D eigenvalue weighted by Gasteiger charge is 2.80. The number of aryl methyl sites for hydroxylation is 1. The van der Waals surface area contributed by atoms with Crippen molar-refractivity contribution >= 4 is 33.8 Å². The molecule has 2 bridgehead atoms. The van der Waals surface area contributed by atoms with Crippen molar-refractivity contribution in [3.05, 3.63) is 70.3 Å². The molecule has 0 N–H and O–H groups in total.